The molecule has 0 fully saturated rings. The van der Waals surface area contributed by atoms with E-state index in [4.69, 9.17) is 5.73 Å². The topological polar surface area (TPSA) is 58.4 Å². The van der Waals surface area contributed by atoms with Crippen molar-refractivity contribution in [1.29, 1.82) is 0 Å². The third-order valence-corrected chi connectivity index (χ3v) is 2.68. The molecule has 4 heteroatoms. The van der Waals surface area contributed by atoms with Crippen LogP contribution >= 0.6 is 0 Å². The summed E-state index contributed by atoms with van der Waals surface area (Å²) in [5.41, 5.74) is 5.65. The number of amides is 1. The number of carbonyl (C=O) groups is 1. The molecule has 0 aromatic heterocycles. The quantitative estimate of drug-likeness (QED) is 0.481. The third kappa shape index (κ3) is 6.98. The minimum Gasteiger partial charge on any atom is -0.343 e. The van der Waals surface area contributed by atoms with E-state index in [1.807, 2.05) is 25.7 Å². The van der Waals surface area contributed by atoms with Gasteiger partial charge in [0, 0.05) is 45.1 Å². The SMILES string of the molecule is CC#CCCNC(CN)CC(=O)N(CC)CC. The molecule has 3 N–H and O–H groups in total. The lowest BCUT2D eigenvalue weighted by Crippen LogP contribution is -2.42. The second kappa shape index (κ2) is 10.1. The van der Waals surface area contributed by atoms with Crippen LogP contribution in [0.4, 0.5) is 0 Å². The second-order valence-electron chi connectivity index (χ2n) is 3.83. The lowest BCUT2D eigenvalue weighted by atomic mass is 10.2. The van der Waals surface area contributed by atoms with Gasteiger partial charge in [-0.15, -0.1) is 11.8 Å². The highest BCUT2D eigenvalue weighted by molar-refractivity contribution is 5.76. The van der Waals surface area contributed by atoms with E-state index in [1.165, 1.54) is 0 Å². The Balaban J connectivity index is 4.01. The number of carbonyl (C=O) groups excluding carboxylic acids is 1. The minimum absolute atomic E-state index is 0.0572. The fourth-order valence-corrected chi connectivity index (χ4v) is 1.62. The van der Waals surface area contributed by atoms with Gasteiger partial charge in [-0.1, -0.05) is 0 Å². The molecule has 0 radical (unpaired) electrons. The van der Waals surface area contributed by atoms with E-state index in [2.05, 4.69) is 17.2 Å². The van der Waals surface area contributed by atoms with Crippen molar-refractivity contribution in [1.82, 2.24) is 10.2 Å². The van der Waals surface area contributed by atoms with Crippen molar-refractivity contribution < 1.29 is 4.79 Å². The molecule has 0 spiro atoms. The summed E-state index contributed by atoms with van der Waals surface area (Å²) in [6.07, 6.45) is 1.27. The van der Waals surface area contributed by atoms with Crippen LogP contribution in [0.2, 0.25) is 0 Å². The van der Waals surface area contributed by atoms with Gasteiger partial charge in [0.25, 0.3) is 0 Å². The number of hydrogen-bond acceptors (Lipinski definition) is 3. The normalized spacial score (nSPS) is 11.5. The number of rotatable bonds is 8. The maximum atomic E-state index is 11.9. The average Bonchev–Trinajstić information content (AvgIpc) is 2.34. The summed E-state index contributed by atoms with van der Waals surface area (Å²) in [6.45, 7) is 8.58. The zero-order chi connectivity index (χ0) is 13.1. The molecule has 0 aliphatic heterocycles. The number of hydrogen-bond donors (Lipinski definition) is 2. The van der Waals surface area contributed by atoms with E-state index in [1.54, 1.807) is 0 Å². The van der Waals surface area contributed by atoms with Gasteiger partial charge in [0.1, 0.15) is 0 Å². The Kier molecular flexibility index (Phi) is 9.50. The number of nitrogens with zero attached hydrogens (tertiary/aromatic N) is 1. The van der Waals surface area contributed by atoms with Crippen molar-refractivity contribution >= 4 is 5.91 Å². The van der Waals surface area contributed by atoms with Gasteiger partial charge in [0.2, 0.25) is 5.91 Å². The molecule has 0 aromatic carbocycles. The Bertz CT molecular complexity index is 264. The minimum atomic E-state index is 0.0572. The first-order chi connectivity index (χ1) is 8.19. The van der Waals surface area contributed by atoms with Crippen molar-refractivity contribution in [3.05, 3.63) is 0 Å². The molecule has 1 atom stereocenters. The van der Waals surface area contributed by atoms with Crippen molar-refractivity contribution in [3.63, 3.8) is 0 Å². The molecule has 0 aromatic rings. The summed E-state index contributed by atoms with van der Waals surface area (Å²) in [5.74, 6) is 5.98. The zero-order valence-electron chi connectivity index (χ0n) is 11.3. The summed E-state index contributed by atoms with van der Waals surface area (Å²) in [4.78, 5) is 13.7. The Labute approximate surface area is 105 Å². The molecule has 0 saturated heterocycles. The monoisotopic (exact) mass is 239 g/mol. The molecule has 0 saturated carbocycles. The predicted octanol–water partition coefficient (Wildman–Crippen LogP) is 0.575. The summed E-state index contributed by atoms with van der Waals surface area (Å²) < 4.78 is 0. The van der Waals surface area contributed by atoms with Crippen LogP contribution in [0.1, 0.15) is 33.6 Å². The standard InChI is InChI=1S/C13H25N3O/c1-4-7-8-9-15-12(11-14)10-13(17)16(5-2)6-3/h12,15H,5-6,8-11,14H2,1-3H3. The van der Waals surface area contributed by atoms with Gasteiger partial charge < -0.3 is 16.0 Å². The van der Waals surface area contributed by atoms with Crippen molar-refractivity contribution in [2.24, 2.45) is 5.73 Å². The molecule has 0 heterocycles. The summed E-state index contributed by atoms with van der Waals surface area (Å²) >= 11 is 0. The fraction of sp³-hybridized carbons (Fsp3) is 0.769. The molecular weight excluding hydrogens is 214 g/mol. The van der Waals surface area contributed by atoms with Crippen LogP contribution in [0.15, 0.2) is 0 Å². The van der Waals surface area contributed by atoms with Crippen LogP contribution < -0.4 is 11.1 Å². The molecule has 1 amide bonds. The highest BCUT2D eigenvalue weighted by Gasteiger charge is 2.15. The Morgan fingerprint density at radius 2 is 2.06 bits per heavy atom. The van der Waals surface area contributed by atoms with Gasteiger partial charge in [-0.2, -0.15) is 0 Å². The Morgan fingerprint density at radius 3 is 2.53 bits per heavy atom. The Hall–Kier alpha value is -1.05. The fourth-order valence-electron chi connectivity index (χ4n) is 1.62. The molecule has 0 aliphatic carbocycles. The predicted molar refractivity (Wildman–Crippen MR) is 71.5 cm³/mol. The lowest BCUT2D eigenvalue weighted by Gasteiger charge is -2.22. The van der Waals surface area contributed by atoms with Crippen molar-refractivity contribution in [2.45, 2.75) is 39.7 Å². The van der Waals surface area contributed by atoms with Crippen LogP contribution in [-0.2, 0) is 4.79 Å². The van der Waals surface area contributed by atoms with Crippen molar-refractivity contribution in [2.75, 3.05) is 26.2 Å². The van der Waals surface area contributed by atoms with E-state index in [-0.39, 0.29) is 11.9 Å². The van der Waals surface area contributed by atoms with Crippen LogP contribution in [0.25, 0.3) is 0 Å². The highest BCUT2D eigenvalue weighted by Crippen LogP contribution is 1.98. The summed E-state index contributed by atoms with van der Waals surface area (Å²) in [7, 11) is 0. The zero-order valence-corrected chi connectivity index (χ0v) is 11.3. The first-order valence-corrected chi connectivity index (χ1v) is 6.30. The van der Waals surface area contributed by atoms with Gasteiger partial charge in [0.15, 0.2) is 0 Å². The number of nitrogens with two attached hydrogens (primary N) is 1. The van der Waals surface area contributed by atoms with Gasteiger partial charge in [0.05, 0.1) is 0 Å². The number of nitrogens with one attached hydrogen (secondary N) is 1. The van der Waals surface area contributed by atoms with Crippen LogP contribution in [-0.4, -0.2) is 43.0 Å². The van der Waals surface area contributed by atoms with Gasteiger partial charge >= 0.3 is 0 Å². The molecule has 0 rings (SSSR count). The Morgan fingerprint density at radius 1 is 1.41 bits per heavy atom. The second-order valence-corrected chi connectivity index (χ2v) is 3.83. The molecular formula is C13H25N3O. The smallest absolute Gasteiger partial charge is 0.224 e. The van der Waals surface area contributed by atoms with Gasteiger partial charge in [-0.05, 0) is 20.8 Å². The van der Waals surface area contributed by atoms with E-state index in [0.29, 0.717) is 13.0 Å². The van der Waals surface area contributed by atoms with Gasteiger partial charge in [-0.25, -0.2) is 0 Å². The van der Waals surface area contributed by atoms with Crippen LogP contribution in [0, 0.1) is 11.8 Å². The molecule has 17 heavy (non-hydrogen) atoms. The maximum Gasteiger partial charge on any atom is 0.224 e. The van der Waals surface area contributed by atoms with Crippen molar-refractivity contribution in [3.8, 4) is 11.8 Å². The van der Waals surface area contributed by atoms with Gasteiger partial charge in [-0.3, -0.25) is 4.79 Å². The van der Waals surface area contributed by atoms with E-state index in [9.17, 15) is 4.79 Å². The first-order valence-electron chi connectivity index (χ1n) is 6.30. The molecule has 98 valence electrons. The molecule has 1 unspecified atom stereocenters. The summed E-state index contributed by atoms with van der Waals surface area (Å²) in [5, 5.41) is 3.26. The molecule has 4 nitrogen and oxygen atoms in total. The molecule has 0 bridgehead atoms. The van der Waals surface area contributed by atoms with Crippen LogP contribution in [0.3, 0.4) is 0 Å². The average molecular weight is 239 g/mol. The lowest BCUT2D eigenvalue weighted by molar-refractivity contribution is -0.131. The van der Waals surface area contributed by atoms with Crippen LogP contribution in [0.5, 0.6) is 0 Å². The summed E-state index contributed by atoms with van der Waals surface area (Å²) in [6, 6.07) is 0.0572. The largest absolute Gasteiger partial charge is 0.343 e. The van der Waals surface area contributed by atoms with E-state index in [0.717, 1.165) is 26.1 Å². The highest BCUT2D eigenvalue weighted by atomic mass is 16.2. The molecule has 0 aliphatic rings. The maximum absolute atomic E-state index is 11.9. The van der Waals surface area contributed by atoms with E-state index >= 15 is 0 Å². The van der Waals surface area contributed by atoms with E-state index < -0.39 is 0 Å². The third-order valence-electron chi connectivity index (χ3n) is 2.68. The first kappa shape index (κ1) is 16.0.